The SMILES string of the molecule is C=C(C)C(=O)OC1(C2CC2)CCCC12CCCCC2. The average Bonchev–Trinajstić information content (AvgIpc) is 3.18. The maximum atomic E-state index is 12.1. The number of hydrogen-bond donors (Lipinski definition) is 0. The van der Waals surface area contributed by atoms with E-state index in [1.807, 2.05) is 0 Å². The molecule has 3 rings (SSSR count). The van der Waals surface area contributed by atoms with Crippen LogP contribution in [0.2, 0.25) is 0 Å². The molecule has 1 spiro atoms. The quantitative estimate of drug-likeness (QED) is 0.557. The van der Waals surface area contributed by atoms with Crippen LogP contribution in [0, 0.1) is 11.3 Å². The molecule has 1 unspecified atom stereocenters. The summed E-state index contributed by atoms with van der Waals surface area (Å²) in [6, 6.07) is 0. The molecular weight excluding hydrogens is 236 g/mol. The molecule has 0 bridgehead atoms. The number of ether oxygens (including phenoxy) is 1. The monoisotopic (exact) mass is 262 g/mol. The van der Waals surface area contributed by atoms with E-state index in [2.05, 4.69) is 6.58 Å². The van der Waals surface area contributed by atoms with Crippen LogP contribution in [0.4, 0.5) is 0 Å². The largest absolute Gasteiger partial charge is 0.455 e. The highest BCUT2D eigenvalue weighted by atomic mass is 16.6. The summed E-state index contributed by atoms with van der Waals surface area (Å²) in [4.78, 5) is 12.1. The Labute approximate surface area is 116 Å². The second-order valence-electron chi connectivity index (χ2n) is 7.03. The Kier molecular flexibility index (Phi) is 3.23. The summed E-state index contributed by atoms with van der Waals surface area (Å²) in [6.07, 6.45) is 12.6. The number of carbonyl (C=O) groups is 1. The van der Waals surface area contributed by atoms with Gasteiger partial charge in [-0.15, -0.1) is 0 Å². The lowest BCUT2D eigenvalue weighted by Crippen LogP contribution is -2.50. The Hall–Kier alpha value is -0.790. The normalized spacial score (nSPS) is 33.3. The van der Waals surface area contributed by atoms with Gasteiger partial charge in [-0.3, -0.25) is 0 Å². The van der Waals surface area contributed by atoms with Crippen molar-refractivity contribution < 1.29 is 9.53 Å². The highest BCUT2D eigenvalue weighted by Gasteiger charge is 2.63. The van der Waals surface area contributed by atoms with Crippen LogP contribution in [0.5, 0.6) is 0 Å². The van der Waals surface area contributed by atoms with Gasteiger partial charge >= 0.3 is 5.97 Å². The maximum absolute atomic E-state index is 12.1. The second kappa shape index (κ2) is 4.64. The Morgan fingerprint density at radius 2 is 1.68 bits per heavy atom. The lowest BCUT2D eigenvalue weighted by Gasteiger charge is -2.48. The Morgan fingerprint density at radius 1 is 1.05 bits per heavy atom. The topological polar surface area (TPSA) is 26.3 Å². The molecule has 3 aliphatic rings. The summed E-state index contributed by atoms with van der Waals surface area (Å²) in [7, 11) is 0. The van der Waals surface area contributed by atoms with E-state index >= 15 is 0 Å². The molecule has 1 atom stereocenters. The van der Waals surface area contributed by atoms with Crippen LogP contribution in [0.1, 0.15) is 71.1 Å². The summed E-state index contributed by atoms with van der Waals surface area (Å²) in [5.41, 5.74) is 0.721. The molecule has 0 aromatic heterocycles. The minimum atomic E-state index is -0.154. The highest BCUT2D eigenvalue weighted by Crippen LogP contribution is 2.64. The first kappa shape index (κ1) is 13.2. The van der Waals surface area contributed by atoms with Gasteiger partial charge < -0.3 is 4.74 Å². The van der Waals surface area contributed by atoms with Crippen LogP contribution in [-0.2, 0) is 9.53 Å². The fourth-order valence-electron chi connectivity index (χ4n) is 4.75. The van der Waals surface area contributed by atoms with Gasteiger partial charge in [0.2, 0.25) is 0 Å². The molecule has 106 valence electrons. The third-order valence-corrected chi connectivity index (χ3v) is 5.77. The van der Waals surface area contributed by atoms with Gasteiger partial charge in [-0.2, -0.15) is 0 Å². The van der Waals surface area contributed by atoms with Crippen molar-refractivity contribution in [3.8, 4) is 0 Å². The third-order valence-electron chi connectivity index (χ3n) is 5.77. The molecule has 3 saturated carbocycles. The van der Waals surface area contributed by atoms with Crippen molar-refractivity contribution in [3.05, 3.63) is 12.2 Å². The highest BCUT2D eigenvalue weighted by molar-refractivity contribution is 5.87. The molecule has 0 saturated heterocycles. The fraction of sp³-hybridized carbons (Fsp3) is 0.824. The Morgan fingerprint density at radius 3 is 2.26 bits per heavy atom. The van der Waals surface area contributed by atoms with E-state index in [-0.39, 0.29) is 11.6 Å². The first-order valence-corrected chi connectivity index (χ1v) is 7.99. The minimum Gasteiger partial charge on any atom is -0.455 e. The maximum Gasteiger partial charge on any atom is 0.333 e. The standard InChI is InChI=1S/C17H26O2/c1-13(2)15(18)19-17(14-7-8-14)12-6-11-16(17)9-4-3-5-10-16/h14H,1,3-12H2,2H3. The second-order valence-corrected chi connectivity index (χ2v) is 7.03. The fourth-order valence-corrected chi connectivity index (χ4v) is 4.75. The van der Waals surface area contributed by atoms with Crippen molar-refractivity contribution in [1.82, 2.24) is 0 Å². The molecule has 0 N–H and O–H groups in total. The summed E-state index contributed by atoms with van der Waals surface area (Å²) in [6.45, 7) is 5.54. The van der Waals surface area contributed by atoms with E-state index < -0.39 is 0 Å². The predicted octanol–water partition coefficient (Wildman–Crippen LogP) is 4.39. The van der Waals surface area contributed by atoms with Crippen LogP contribution in [0.15, 0.2) is 12.2 Å². The van der Waals surface area contributed by atoms with Crippen LogP contribution in [0.3, 0.4) is 0 Å². The molecule has 0 aromatic rings. The first-order valence-electron chi connectivity index (χ1n) is 7.99. The predicted molar refractivity (Wildman–Crippen MR) is 75.7 cm³/mol. The van der Waals surface area contributed by atoms with Gasteiger partial charge in [0.05, 0.1) is 0 Å². The van der Waals surface area contributed by atoms with Gasteiger partial charge in [-0.1, -0.05) is 25.8 Å². The molecule has 2 heteroatoms. The van der Waals surface area contributed by atoms with E-state index in [4.69, 9.17) is 4.74 Å². The molecule has 0 radical (unpaired) electrons. The minimum absolute atomic E-state index is 0.135. The molecule has 3 aliphatic carbocycles. The summed E-state index contributed by atoms with van der Waals surface area (Å²) < 4.78 is 6.14. The van der Waals surface area contributed by atoms with Gasteiger partial charge in [0, 0.05) is 11.0 Å². The number of rotatable bonds is 3. The molecule has 19 heavy (non-hydrogen) atoms. The molecule has 0 heterocycles. The van der Waals surface area contributed by atoms with Crippen LogP contribution >= 0.6 is 0 Å². The average molecular weight is 262 g/mol. The molecule has 0 aliphatic heterocycles. The van der Waals surface area contributed by atoms with Gasteiger partial charge in [0.1, 0.15) is 5.60 Å². The Balaban J connectivity index is 1.90. The molecule has 0 aromatic carbocycles. The lowest BCUT2D eigenvalue weighted by molar-refractivity contribution is -0.177. The van der Waals surface area contributed by atoms with Gasteiger partial charge in [-0.05, 0) is 57.8 Å². The van der Waals surface area contributed by atoms with Crippen LogP contribution in [-0.4, -0.2) is 11.6 Å². The first-order chi connectivity index (χ1) is 9.10. The Bertz CT molecular complexity index is 388. The van der Waals surface area contributed by atoms with Crippen molar-refractivity contribution in [2.75, 3.05) is 0 Å². The van der Waals surface area contributed by atoms with E-state index in [1.54, 1.807) is 6.92 Å². The van der Waals surface area contributed by atoms with Crippen molar-refractivity contribution in [2.45, 2.75) is 76.7 Å². The van der Waals surface area contributed by atoms with Gasteiger partial charge in [-0.25, -0.2) is 4.79 Å². The smallest absolute Gasteiger partial charge is 0.333 e. The van der Waals surface area contributed by atoms with E-state index in [0.717, 1.165) is 6.42 Å². The van der Waals surface area contributed by atoms with Gasteiger partial charge in [0.25, 0.3) is 0 Å². The molecular formula is C17H26O2. The molecule has 2 nitrogen and oxygen atoms in total. The van der Waals surface area contributed by atoms with Crippen LogP contribution in [0.25, 0.3) is 0 Å². The van der Waals surface area contributed by atoms with Crippen molar-refractivity contribution in [2.24, 2.45) is 11.3 Å². The zero-order valence-electron chi connectivity index (χ0n) is 12.2. The zero-order chi connectivity index (χ0) is 13.5. The number of esters is 1. The summed E-state index contributed by atoms with van der Waals surface area (Å²) in [5, 5.41) is 0. The van der Waals surface area contributed by atoms with Gasteiger partial charge in [0.15, 0.2) is 0 Å². The van der Waals surface area contributed by atoms with Crippen molar-refractivity contribution in [3.63, 3.8) is 0 Å². The zero-order valence-corrected chi connectivity index (χ0v) is 12.2. The molecule has 0 amide bonds. The third kappa shape index (κ3) is 2.04. The van der Waals surface area contributed by atoms with E-state index in [1.165, 1.54) is 57.8 Å². The number of hydrogen-bond acceptors (Lipinski definition) is 2. The number of carbonyl (C=O) groups excluding carboxylic acids is 1. The van der Waals surface area contributed by atoms with Crippen molar-refractivity contribution >= 4 is 5.97 Å². The lowest BCUT2D eigenvalue weighted by atomic mass is 9.63. The van der Waals surface area contributed by atoms with E-state index in [9.17, 15) is 4.79 Å². The van der Waals surface area contributed by atoms with Crippen LogP contribution < -0.4 is 0 Å². The van der Waals surface area contributed by atoms with E-state index in [0.29, 0.717) is 16.9 Å². The van der Waals surface area contributed by atoms with Crippen molar-refractivity contribution in [1.29, 1.82) is 0 Å². The summed E-state index contributed by atoms with van der Waals surface area (Å²) >= 11 is 0. The summed E-state index contributed by atoms with van der Waals surface area (Å²) in [5.74, 6) is 0.482. The molecule has 3 fully saturated rings.